The molecule has 1 N–H and O–H groups in total. The Balaban J connectivity index is 2.97. The number of alkyl halides is 3. The number of aliphatic hydroxyl groups is 1. The molecule has 1 aromatic rings. The second kappa shape index (κ2) is 6.75. The van der Waals surface area contributed by atoms with Crippen LogP contribution in [0.15, 0.2) is 18.3 Å². The Morgan fingerprint density at radius 1 is 1.26 bits per heavy atom. The van der Waals surface area contributed by atoms with E-state index in [1.165, 1.54) is 6.07 Å². The van der Waals surface area contributed by atoms with Gasteiger partial charge in [0.15, 0.2) is 0 Å². The van der Waals surface area contributed by atoms with Crippen LogP contribution >= 0.6 is 0 Å². The summed E-state index contributed by atoms with van der Waals surface area (Å²) in [5.74, 6) is 0.468. The number of nitrogens with zero attached hydrogens (tertiary/aromatic N) is 2. The quantitative estimate of drug-likeness (QED) is 0.867. The summed E-state index contributed by atoms with van der Waals surface area (Å²) >= 11 is 0. The first kappa shape index (κ1) is 15.8. The average molecular weight is 276 g/mol. The third kappa shape index (κ3) is 4.09. The zero-order valence-corrected chi connectivity index (χ0v) is 11.1. The molecule has 0 amide bonds. The number of hydrogen-bond acceptors (Lipinski definition) is 3. The van der Waals surface area contributed by atoms with E-state index in [0.29, 0.717) is 12.4 Å². The van der Waals surface area contributed by atoms with E-state index in [4.69, 9.17) is 5.11 Å². The molecule has 0 spiro atoms. The van der Waals surface area contributed by atoms with Gasteiger partial charge in [0, 0.05) is 18.8 Å². The molecule has 0 atom stereocenters. The van der Waals surface area contributed by atoms with Gasteiger partial charge in [-0.25, -0.2) is 4.98 Å². The Kier molecular flexibility index (Phi) is 5.60. The maximum absolute atomic E-state index is 12.5. The Morgan fingerprint density at radius 2 is 1.89 bits per heavy atom. The predicted molar refractivity (Wildman–Crippen MR) is 68.0 cm³/mol. The van der Waals surface area contributed by atoms with Gasteiger partial charge in [-0.1, -0.05) is 13.8 Å². The Hall–Kier alpha value is -1.30. The number of anilines is 1. The molecule has 0 radical (unpaired) electrons. The molecule has 1 heterocycles. The highest BCUT2D eigenvalue weighted by atomic mass is 19.4. The lowest BCUT2D eigenvalue weighted by Gasteiger charge is -2.31. The summed E-state index contributed by atoms with van der Waals surface area (Å²) in [6.07, 6.45) is -1.84. The van der Waals surface area contributed by atoms with Crippen LogP contribution in [-0.4, -0.2) is 29.3 Å². The summed E-state index contributed by atoms with van der Waals surface area (Å²) in [7, 11) is 0. The predicted octanol–water partition coefficient (Wildman–Crippen LogP) is 3.09. The van der Waals surface area contributed by atoms with Crippen molar-refractivity contribution >= 4 is 5.82 Å². The van der Waals surface area contributed by atoms with Crippen LogP contribution in [0.1, 0.15) is 32.3 Å². The Bertz CT molecular complexity index is 374. The molecule has 0 saturated carbocycles. The molecule has 1 rings (SSSR count). The molecule has 6 heteroatoms. The lowest BCUT2D eigenvalue weighted by molar-refractivity contribution is -0.137. The Labute approximate surface area is 111 Å². The minimum Gasteiger partial charge on any atom is -0.395 e. The van der Waals surface area contributed by atoms with Crippen LogP contribution in [0.5, 0.6) is 0 Å². The van der Waals surface area contributed by atoms with Crippen LogP contribution < -0.4 is 4.90 Å². The molecule has 0 aliphatic rings. The van der Waals surface area contributed by atoms with E-state index >= 15 is 0 Å². The van der Waals surface area contributed by atoms with Gasteiger partial charge in [-0.3, -0.25) is 0 Å². The van der Waals surface area contributed by atoms with Gasteiger partial charge in [0.2, 0.25) is 0 Å². The molecule has 0 aromatic carbocycles. The van der Waals surface area contributed by atoms with E-state index in [9.17, 15) is 13.2 Å². The van der Waals surface area contributed by atoms with Gasteiger partial charge in [-0.2, -0.15) is 13.2 Å². The summed E-state index contributed by atoms with van der Waals surface area (Å²) in [6.45, 7) is 4.31. The van der Waals surface area contributed by atoms with E-state index in [2.05, 4.69) is 4.98 Å². The molecule has 1 aromatic heterocycles. The topological polar surface area (TPSA) is 36.4 Å². The number of pyridine rings is 1. The van der Waals surface area contributed by atoms with Crippen molar-refractivity contribution in [2.45, 2.75) is 38.9 Å². The maximum Gasteiger partial charge on any atom is 0.417 e. The third-order valence-corrected chi connectivity index (χ3v) is 3.09. The Morgan fingerprint density at radius 3 is 2.26 bits per heavy atom. The smallest absolute Gasteiger partial charge is 0.395 e. The van der Waals surface area contributed by atoms with Crippen molar-refractivity contribution in [1.82, 2.24) is 4.98 Å². The molecular formula is C13H19F3N2O. The molecule has 0 saturated heterocycles. The first-order valence-electron chi connectivity index (χ1n) is 6.34. The number of aliphatic hydroxyl groups excluding tert-OH is 1. The molecule has 0 aliphatic heterocycles. The highest BCUT2D eigenvalue weighted by Gasteiger charge is 2.31. The average Bonchev–Trinajstić information content (AvgIpc) is 2.38. The van der Waals surface area contributed by atoms with Crippen molar-refractivity contribution in [1.29, 1.82) is 0 Å². The van der Waals surface area contributed by atoms with Crippen LogP contribution in [0, 0.1) is 0 Å². The van der Waals surface area contributed by atoms with Crippen molar-refractivity contribution in [3.63, 3.8) is 0 Å². The molecule has 3 nitrogen and oxygen atoms in total. The van der Waals surface area contributed by atoms with Gasteiger partial charge in [0.25, 0.3) is 0 Å². The fourth-order valence-corrected chi connectivity index (χ4v) is 2.05. The molecule has 0 fully saturated rings. The molecular weight excluding hydrogens is 257 g/mol. The van der Waals surface area contributed by atoms with Crippen molar-refractivity contribution in [3.05, 3.63) is 23.9 Å². The normalized spacial score (nSPS) is 11.9. The molecule has 19 heavy (non-hydrogen) atoms. The SMILES string of the molecule is CCC(CC)N(CCO)c1ccc(C(F)(F)F)cn1. The second-order valence-electron chi connectivity index (χ2n) is 4.29. The van der Waals surface area contributed by atoms with Gasteiger partial charge in [0.1, 0.15) is 5.82 Å². The van der Waals surface area contributed by atoms with Gasteiger partial charge >= 0.3 is 6.18 Å². The van der Waals surface area contributed by atoms with Crippen molar-refractivity contribution in [3.8, 4) is 0 Å². The largest absolute Gasteiger partial charge is 0.417 e. The van der Waals surface area contributed by atoms with E-state index in [0.717, 1.165) is 25.1 Å². The fraction of sp³-hybridized carbons (Fsp3) is 0.615. The number of hydrogen-bond donors (Lipinski definition) is 1. The minimum absolute atomic E-state index is 0.0563. The minimum atomic E-state index is -4.37. The van der Waals surface area contributed by atoms with Gasteiger partial charge in [-0.05, 0) is 25.0 Å². The van der Waals surface area contributed by atoms with Crippen LogP contribution in [-0.2, 0) is 6.18 Å². The third-order valence-electron chi connectivity index (χ3n) is 3.09. The summed E-state index contributed by atoms with van der Waals surface area (Å²) in [4.78, 5) is 5.72. The summed E-state index contributed by atoms with van der Waals surface area (Å²) in [5, 5.41) is 9.07. The van der Waals surface area contributed by atoms with Crippen molar-refractivity contribution < 1.29 is 18.3 Å². The lowest BCUT2D eigenvalue weighted by atomic mass is 10.1. The number of aromatic nitrogens is 1. The van der Waals surface area contributed by atoms with Crippen molar-refractivity contribution in [2.75, 3.05) is 18.1 Å². The van der Waals surface area contributed by atoms with Gasteiger partial charge in [-0.15, -0.1) is 0 Å². The zero-order valence-electron chi connectivity index (χ0n) is 11.1. The van der Waals surface area contributed by atoms with Crippen LogP contribution in [0.25, 0.3) is 0 Å². The summed E-state index contributed by atoms with van der Waals surface area (Å²) in [5.41, 5.74) is -0.759. The lowest BCUT2D eigenvalue weighted by Crippen LogP contribution is -2.37. The highest BCUT2D eigenvalue weighted by Crippen LogP contribution is 2.29. The van der Waals surface area contributed by atoms with Crippen LogP contribution in [0.2, 0.25) is 0 Å². The molecule has 0 aliphatic carbocycles. The monoisotopic (exact) mass is 276 g/mol. The van der Waals surface area contributed by atoms with E-state index in [1.807, 2.05) is 18.7 Å². The van der Waals surface area contributed by atoms with E-state index < -0.39 is 11.7 Å². The summed E-state index contributed by atoms with van der Waals surface area (Å²) < 4.78 is 37.4. The molecule has 108 valence electrons. The van der Waals surface area contributed by atoms with E-state index in [-0.39, 0.29) is 12.6 Å². The van der Waals surface area contributed by atoms with Gasteiger partial charge < -0.3 is 10.0 Å². The first-order chi connectivity index (χ1) is 8.93. The van der Waals surface area contributed by atoms with Crippen LogP contribution in [0.4, 0.5) is 19.0 Å². The van der Waals surface area contributed by atoms with Crippen LogP contribution in [0.3, 0.4) is 0 Å². The first-order valence-corrected chi connectivity index (χ1v) is 6.34. The fourth-order valence-electron chi connectivity index (χ4n) is 2.05. The van der Waals surface area contributed by atoms with Gasteiger partial charge in [0.05, 0.1) is 12.2 Å². The zero-order chi connectivity index (χ0) is 14.5. The molecule has 0 bridgehead atoms. The standard InChI is InChI=1S/C13H19F3N2O/c1-3-11(4-2)18(7-8-19)12-6-5-10(9-17-12)13(14,15)16/h5-6,9,11,19H,3-4,7-8H2,1-2H3. The highest BCUT2D eigenvalue weighted by molar-refractivity contribution is 5.41. The number of halogens is 3. The molecule has 0 unspecified atom stereocenters. The maximum atomic E-state index is 12.5. The van der Waals surface area contributed by atoms with E-state index in [1.54, 1.807) is 0 Å². The second-order valence-corrected chi connectivity index (χ2v) is 4.29. The summed E-state index contributed by atoms with van der Waals surface area (Å²) in [6, 6.07) is 2.54. The van der Waals surface area contributed by atoms with Crippen molar-refractivity contribution in [2.24, 2.45) is 0 Å². The number of rotatable bonds is 6.